The largest absolute Gasteiger partial charge is 0.308 e. The Bertz CT molecular complexity index is 206. The molecule has 0 atom stereocenters. The summed E-state index contributed by atoms with van der Waals surface area (Å²) in [5.41, 5.74) is 1.34. The Morgan fingerprint density at radius 1 is 1.23 bits per heavy atom. The summed E-state index contributed by atoms with van der Waals surface area (Å²) >= 11 is 0. The second-order valence-electron chi connectivity index (χ2n) is 3.21. The molecule has 1 nitrogen and oxygen atoms in total. The number of nitrogens with one attached hydrogen (secondary N) is 1. The SMILES string of the molecule is CCCC[CH]NCc1ccccc1. The molecule has 71 valence electrons. The average Bonchev–Trinajstić information content (AvgIpc) is 2.19. The maximum absolute atomic E-state index is 3.31. The highest BCUT2D eigenvalue weighted by molar-refractivity contribution is 5.14. The third-order valence-corrected chi connectivity index (χ3v) is 2.00. The lowest BCUT2D eigenvalue weighted by atomic mass is 10.2. The highest BCUT2D eigenvalue weighted by atomic mass is 14.8. The van der Waals surface area contributed by atoms with Crippen LogP contribution in [0.3, 0.4) is 0 Å². The topological polar surface area (TPSA) is 12.0 Å². The quantitative estimate of drug-likeness (QED) is 0.657. The van der Waals surface area contributed by atoms with E-state index in [4.69, 9.17) is 0 Å². The maximum atomic E-state index is 3.31. The van der Waals surface area contributed by atoms with Crippen LogP contribution in [0.25, 0.3) is 0 Å². The summed E-state index contributed by atoms with van der Waals surface area (Å²) in [4.78, 5) is 0. The summed E-state index contributed by atoms with van der Waals surface area (Å²) in [6.07, 6.45) is 3.72. The predicted molar refractivity (Wildman–Crippen MR) is 57.1 cm³/mol. The zero-order valence-electron chi connectivity index (χ0n) is 8.29. The Labute approximate surface area is 81.2 Å². The Kier molecular flexibility index (Phi) is 5.27. The number of rotatable bonds is 6. The molecular formula is C12H18N. The van der Waals surface area contributed by atoms with Crippen molar-refractivity contribution < 1.29 is 0 Å². The first-order valence-corrected chi connectivity index (χ1v) is 5.02. The molecular weight excluding hydrogens is 158 g/mol. The van der Waals surface area contributed by atoms with Crippen LogP contribution in [0.4, 0.5) is 0 Å². The summed E-state index contributed by atoms with van der Waals surface area (Å²) in [6, 6.07) is 10.5. The Morgan fingerprint density at radius 2 is 2.00 bits per heavy atom. The van der Waals surface area contributed by atoms with Gasteiger partial charge in [0.15, 0.2) is 0 Å². The van der Waals surface area contributed by atoms with Crippen LogP contribution in [0.2, 0.25) is 0 Å². The first-order valence-electron chi connectivity index (χ1n) is 5.02. The van der Waals surface area contributed by atoms with Crippen LogP contribution in [0.15, 0.2) is 30.3 Å². The van der Waals surface area contributed by atoms with Crippen molar-refractivity contribution in [1.82, 2.24) is 5.32 Å². The van der Waals surface area contributed by atoms with Crippen molar-refractivity contribution in [2.75, 3.05) is 0 Å². The fraction of sp³-hybridized carbons (Fsp3) is 0.417. The van der Waals surface area contributed by atoms with Crippen molar-refractivity contribution in [2.24, 2.45) is 0 Å². The van der Waals surface area contributed by atoms with Gasteiger partial charge in [-0.05, 0) is 12.0 Å². The maximum Gasteiger partial charge on any atom is 0.0224 e. The van der Waals surface area contributed by atoms with Crippen LogP contribution >= 0.6 is 0 Å². The molecule has 1 heteroatoms. The van der Waals surface area contributed by atoms with Gasteiger partial charge in [0.2, 0.25) is 0 Å². The minimum Gasteiger partial charge on any atom is -0.308 e. The Hall–Kier alpha value is -0.820. The molecule has 0 aliphatic rings. The van der Waals surface area contributed by atoms with Crippen LogP contribution in [-0.2, 0) is 6.54 Å². The van der Waals surface area contributed by atoms with E-state index in [0.717, 1.165) is 6.54 Å². The first kappa shape index (κ1) is 10.3. The van der Waals surface area contributed by atoms with Crippen LogP contribution in [-0.4, -0.2) is 0 Å². The summed E-state index contributed by atoms with van der Waals surface area (Å²) in [6.45, 7) is 5.33. The lowest BCUT2D eigenvalue weighted by molar-refractivity contribution is 0.692. The Balaban J connectivity index is 2.07. The highest BCUT2D eigenvalue weighted by Gasteiger charge is 1.90. The van der Waals surface area contributed by atoms with E-state index in [1.54, 1.807) is 0 Å². The first-order chi connectivity index (χ1) is 6.43. The van der Waals surface area contributed by atoms with E-state index < -0.39 is 0 Å². The minimum absolute atomic E-state index is 0.949. The molecule has 0 saturated heterocycles. The van der Waals surface area contributed by atoms with Gasteiger partial charge in [0.25, 0.3) is 0 Å². The van der Waals surface area contributed by atoms with Gasteiger partial charge >= 0.3 is 0 Å². The van der Waals surface area contributed by atoms with Crippen molar-refractivity contribution >= 4 is 0 Å². The molecule has 1 aromatic carbocycles. The molecule has 0 amide bonds. The molecule has 0 saturated carbocycles. The van der Waals surface area contributed by atoms with Gasteiger partial charge in [-0.2, -0.15) is 0 Å². The molecule has 1 aromatic rings. The van der Waals surface area contributed by atoms with Crippen molar-refractivity contribution in [2.45, 2.75) is 32.7 Å². The molecule has 0 bridgehead atoms. The van der Waals surface area contributed by atoms with Crippen LogP contribution in [0.5, 0.6) is 0 Å². The number of hydrogen-bond acceptors (Lipinski definition) is 1. The van der Waals surface area contributed by atoms with Crippen molar-refractivity contribution in [3.63, 3.8) is 0 Å². The summed E-state index contributed by atoms with van der Waals surface area (Å²) in [5.74, 6) is 0. The van der Waals surface area contributed by atoms with Crippen molar-refractivity contribution in [3.05, 3.63) is 42.4 Å². The number of benzene rings is 1. The van der Waals surface area contributed by atoms with Gasteiger partial charge in [0.1, 0.15) is 0 Å². The smallest absolute Gasteiger partial charge is 0.0224 e. The second kappa shape index (κ2) is 6.67. The van der Waals surface area contributed by atoms with Gasteiger partial charge in [-0.25, -0.2) is 0 Å². The van der Waals surface area contributed by atoms with Crippen LogP contribution < -0.4 is 5.32 Å². The van der Waals surface area contributed by atoms with Gasteiger partial charge < -0.3 is 5.32 Å². The Morgan fingerprint density at radius 3 is 2.69 bits per heavy atom. The van der Waals surface area contributed by atoms with Gasteiger partial charge in [-0.3, -0.25) is 0 Å². The number of unbranched alkanes of at least 4 members (excludes halogenated alkanes) is 2. The van der Waals surface area contributed by atoms with E-state index in [0.29, 0.717) is 0 Å². The molecule has 0 spiro atoms. The van der Waals surface area contributed by atoms with Crippen molar-refractivity contribution in [1.29, 1.82) is 0 Å². The zero-order valence-corrected chi connectivity index (χ0v) is 8.29. The summed E-state index contributed by atoms with van der Waals surface area (Å²) in [7, 11) is 0. The molecule has 0 aliphatic carbocycles. The summed E-state index contributed by atoms with van der Waals surface area (Å²) in [5, 5.41) is 3.31. The van der Waals surface area contributed by atoms with Gasteiger partial charge in [-0.1, -0.05) is 50.1 Å². The molecule has 1 N–H and O–H groups in total. The standard InChI is InChI=1S/C12H18N/c1-2-3-7-10-13-11-12-8-5-4-6-9-12/h4-6,8-10,13H,2-3,7,11H2,1H3. The van der Waals surface area contributed by atoms with Gasteiger partial charge in [0.05, 0.1) is 0 Å². The van der Waals surface area contributed by atoms with E-state index in [9.17, 15) is 0 Å². The normalized spacial score (nSPS) is 10.2. The fourth-order valence-electron chi connectivity index (χ4n) is 1.19. The predicted octanol–water partition coefficient (Wildman–Crippen LogP) is 3.13. The lowest BCUT2D eigenvalue weighted by Crippen LogP contribution is -2.08. The van der Waals surface area contributed by atoms with Gasteiger partial charge in [-0.15, -0.1) is 0 Å². The second-order valence-corrected chi connectivity index (χ2v) is 3.21. The van der Waals surface area contributed by atoms with Gasteiger partial charge in [0, 0.05) is 13.1 Å². The molecule has 13 heavy (non-hydrogen) atoms. The van der Waals surface area contributed by atoms with E-state index >= 15 is 0 Å². The van der Waals surface area contributed by atoms with Crippen LogP contribution in [0, 0.1) is 6.54 Å². The van der Waals surface area contributed by atoms with E-state index in [2.05, 4.69) is 43.1 Å². The average molecular weight is 176 g/mol. The van der Waals surface area contributed by atoms with Crippen LogP contribution in [0.1, 0.15) is 31.7 Å². The monoisotopic (exact) mass is 176 g/mol. The van der Waals surface area contributed by atoms with E-state index in [-0.39, 0.29) is 0 Å². The molecule has 1 rings (SSSR count). The fourth-order valence-corrected chi connectivity index (χ4v) is 1.19. The van der Waals surface area contributed by atoms with E-state index in [1.165, 1.54) is 24.8 Å². The minimum atomic E-state index is 0.949. The zero-order chi connectivity index (χ0) is 9.36. The third kappa shape index (κ3) is 4.69. The molecule has 0 heterocycles. The molecule has 0 aliphatic heterocycles. The molecule has 0 unspecified atom stereocenters. The summed E-state index contributed by atoms with van der Waals surface area (Å²) < 4.78 is 0. The molecule has 1 radical (unpaired) electrons. The van der Waals surface area contributed by atoms with Crippen molar-refractivity contribution in [3.8, 4) is 0 Å². The highest BCUT2D eigenvalue weighted by Crippen LogP contribution is 1.99. The lowest BCUT2D eigenvalue weighted by Gasteiger charge is -2.02. The molecule has 0 fully saturated rings. The number of hydrogen-bond donors (Lipinski definition) is 1. The van der Waals surface area contributed by atoms with E-state index in [1.807, 2.05) is 6.07 Å². The molecule has 0 aromatic heterocycles. The third-order valence-electron chi connectivity index (χ3n) is 2.00.